The topological polar surface area (TPSA) is 24.1 Å². The van der Waals surface area contributed by atoms with Crippen molar-refractivity contribution in [3.05, 3.63) is 6.42 Å². The molecule has 2 nitrogen and oxygen atoms in total. The van der Waals surface area contributed by atoms with E-state index in [0.29, 0.717) is 0 Å². The van der Waals surface area contributed by atoms with Crippen LogP contribution in [0.3, 0.4) is 0 Å². The molecule has 0 aliphatic carbocycles. The maximum absolute atomic E-state index is 3.06. The van der Waals surface area contributed by atoms with Crippen molar-refractivity contribution in [3.8, 4) is 0 Å². The highest BCUT2D eigenvalue weighted by molar-refractivity contribution is 4.74. The molecule has 0 unspecified atom stereocenters. The van der Waals surface area contributed by atoms with Gasteiger partial charge in [-0.05, 0) is 0 Å². The van der Waals surface area contributed by atoms with Crippen molar-refractivity contribution < 1.29 is 0 Å². The molecule has 34 valence electrons. The van der Waals surface area contributed by atoms with Gasteiger partial charge >= 0.3 is 0 Å². The first kappa shape index (κ1) is 4.09. The Morgan fingerprint density at radius 2 is 1.83 bits per heavy atom. The Kier molecular flexibility index (Phi) is 1.47. The Hall–Kier alpha value is -0.0800. The molecule has 2 radical (unpaired) electrons. The average molecular weight is 84.1 g/mol. The molecule has 1 aliphatic rings. The smallest absolute Gasteiger partial charge is 0.0454 e. The normalized spacial score (nSPS) is 24.0. The summed E-state index contributed by atoms with van der Waals surface area (Å²) in [6.45, 7) is 2.81. The van der Waals surface area contributed by atoms with Gasteiger partial charge in [0.2, 0.25) is 0 Å². The minimum absolute atomic E-state index is 0.938. The van der Waals surface area contributed by atoms with E-state index < -0.39 is 0 Å². The number of hydrogen-bond donors (Lipinski definition) is 2. The van der Waals surface area contributed by atoms with Crippen molar-refractivity contribution in [2.45, 2.75) is 0 Å². The third-order valence-electron chi connectivity index (χ3n) is 0.750. The molecule has 0 aromatic heterocycles. The predicted molar refractivity (Wildman–Crippen MR) is 24.1 cm³/mol. The van der Waals surface area contributed by atoms with Crippen LogP contribution in [0.15, 0.2) is 0 Å². The predicted octanol–water partition coefficient (Wildman–Crippen LogP) is -0.782. The van der Waals surface area contributed by atoms with Crippen LogP contribution in [0, 0.1) is 6.42 Å². The van der Waals surface area contributed by atoms with Crippen LogP contribution >= 0.6 is 0 Å². The van der Waals surface area contributed by atoms with E-state index in [4.69, 9.17) is 0 Å². The monoisotopic (exact) mass is 84.1 g/mol. The lowest BCUT2D eigenvalue weighted by molar-refractivity contribution is 0.566. The second-order valence-electron chi connectivity index (χ2n) is 1.28. The highest BCUT2D eigenvalue weighted by atomic mass is 15.1. The number of hydrogen-bond acceptors (Lipinski definition) is 2. The van der Waals surface area contributed by atoms with Gasteiger partial charge in [-0.1, -0.05) is 0 Å². The summed E-state index contributed by atoms with van der Waals surface area (Å²) in [6, 6.07) is 0. The van der Waals surface area contributed by atoms with E-state index in [1.807, 2.05) is 0 Å². The van der Waals surface area contributed by atoms with Crippen molar-refractivity contribution in [1.82, 2.24) is 10.6 Å². The third kappa shape index (κ3) is 0.954. The lowest BCUT2D eigenvalue weighted by Gasteiger charge is -2.10. The summed E-state index contributed by atoms with van der Waals surface area (Å²) in [7, 11) is 0. The SMILES string of the molecule is [C]1CNCNC1. The Labute approximate surface area is 37.9 Å². The van der Waals surface area contributed by atoms with Crippen LogP contribution in [0.5, 0.6) is 0 Å². The quantitative estimate of drug-likeness (QED) is 0.402. The first-order valence-electron chi connectivity index (χ1n) is 2.12. The molecule has 1 aliphatic heterocycles. The van der Waals surface area contributed by atoms with Gasteiger partial charge in [0.15, 0.2) is 0 Å². The first-order chi connectivity index (χ1) is 3.00. The summed E-state index contributed by atoms with van der Waals surface area (Å²) in [5.74, 6) is 0. The average Bonchev–Trinajstić information content (AvgIpc) is 1.72. The van der Waals surface area contributed by atoms with Crippen LogP contribution in [-0.4, -0.2) is 19.8 Å². The van der Waals surface area contributed by atoms with Gasteiger partial charge in [-0.15, -0.1) is 0 Å². The van der Waals surface area contributed by atoms with E-state index in [1.54, 1.807) is 0 Å². The number of nitrogens with one attached hydrogen (secondary N) is 2. The van der Waals surface area contributed by atoms with E-state index in [0.717, 1.165) is 19.8 Å². The molecule has 0 atom stereocenters. The van der Waals surface area contributed by atoms with Crippen molar-refractivity contribution in [2.24, 2.45) is 0 Å². The van der Waals surface area contributed by atoms with Gasteiger partial charge in [0, 0.05) is 26.2 Å². The molecule has 0 spiro atoms. The molecule has 1 rings (SSSR count). The van der Waals surface area contributed by atoms with Crippen LogP contribution in [0.1, 0.15) is 0 Å². The van der Waals surface area contributed by atoms with E-state index in [1.165, 1.54) is 0 Å². The molecule has 6 heavy (non-hydrogen) atoms. The molecule has 0 bridgehead atoms. The second-order valence-corrected chi connectivity index (χ2v) is 1.28. The first-order valence-corrected chi connectivity index (χ1v) is 2.12. The summed E-state index contributed by atoms with van der Waals surface area (Å²) in [5, 5.41) is 6.12. The van der Waals surface area contributed by atoms with E-state index in [9.17, 15) is 0 Å². The van der Waals surface area contributed by atoms with Gasteiger partial charge < -0.3 is 10.6 Å². The Balaban J connectivity index is 2.00. The standard InChI is InChI=1S/C4H8N2/c1-2-5-4-6-3-1/h5-6H,2-4H2. The summed E-state index contributed by atoms with van der Waals surface area (Å²) in [6.07, 6.45) is 3.06. The molecule has 2 N–H and O–H groups in total. The van der Waals surface area contributed by atoms with E-state index in [2.05, 4.69) is 17.1 Å². The van der Waals surface area contributed by atoms with Gasteiger partial charge in [-0.25, -0.2) is 0 Å². The zero-order valence-electron chi connectivity index (χ0n) is 3.62. The highest BCUT2D eigenvalue weighted by Gasteiger charge is 1.92. The minimum Gasteiger partial charge on any atom is -0.304 e. The molecule has 0 aromatic rings. The fraction of sp³-hybridized carbons (Fsp3) is 0.750. The molecule has 0 aromatic carbocycles. The molecule has 2 heteroatoms. The summed E-state index contributed by atoms with van der Waals surface area (Å²) >= 11 is 0. The Morgan fingerprint density at radius 1 is 1.17 bits per heavy atom. The fourth-order valence-electron chi connectivity index (χ4n) is 0.453. The molecular formula is C4H8N2. The zero-order chi connectivity index (χ0) is 4.24. The van der Waals surface area contributed by atoms with Crippen LogP contribution in [0.4, 0.5) is 0 Å². The van der Waals surface area contributed by atoms with Crippen molar-refractivity contribution in [2.75, 3.05) is 19.8 Å². The Morgan fingerprint density at radius 3 is 2.00 bits per heavy atom. The van der Waals surface area contributed by atoms with Gasteiger partial charge in [-0.2, -0.15) is 0 Å². The lowest BCUT2D eigenvalue weighted by Crippen LogP contribution is -2.37. The summed E-state index contributed by atoms with van der Waals surface area (Å²) in [5.41, 5.74) is 0. The largest absolute Gasteiger partial charge is 0.304 e. The van der Waals surface area contributed by atoms with Gasteiger partial charge in [0.25, 0.3) is 0 Å². The van der Waals surface area contributed by atoms with Crippen LogP contribution in [-0.2, 0) is 0 Å². The maximum atomic E-state index is 3.06. The number of rotatable bonds is 0. The van der Waals surface area contributed by atoms with Crippen LogP contribution < -0.4 is 10.6 Å². The fourth-order valence-corrected chi connectivity index (χ4v) is 0.453. The molecule has 0 amide bonds. The molecule has 1 saturated heterocycles. The van der Waals surface area contributed by atoms with Crippen molar-refractivity contribution in [1.29, 1.82) is 0 Å². The minimum atomic E-state index is 0.938. The molecule has 1 fully saturated rings. The summed E-state index contributed by atoms with van der Waals surface area (Å²) < 4.78 is 0. The van der Waals surface area contributed by atoms with Gasteiger partial charge in [-0.3, -0.25) is 0 Å². The van der Waals surface area contributed by atoms with E-state index >= 15 is 0 Å². The molecule has 1 heterocycles. The maximum Gasteiger partial charge on any atom is 0.0454 e. The van der Waals surface area contributed by atoms with Gasteiger partial charge in [0.05, 0.1) is 0 Å². The summed E-state index contributed by atoms with van der Waals surface area (Å²) in [4.78, 5) is 0. The van der Waals surface area contributed by atoms with Crippen molar-refractivity contribution in [3.63, 3.8) is 0 Å². The zero-order valence-corrected chi connectivity index (χ0v) is 3.62. The highest BCUT2D eigenvalue weighted by Crippen LogP contribution is 1.73. The molecule has 0 saturated carbocycles. The van der Waals surface area contributed by atoms with Gasteiger partial charge in [0.1, 0.15) is 0 Å². The van der Waals surface area contributed by atoms with Crippen LogP contribution in [0.2, 0.25) is 0 Å². The van der Waals surface area contributed by atoms with E-state index in [-0.39, 0.29) is 0 Å². The van der Waals surface area contributed by atoms with Crippen molar-refractivity contribution >= 4 is 0 Å². The third-order valence-corrected chi connectivity index (χ3v) is 0.750. The molecular weight excluding hydrogens is 76.1 g/mol. The second kappa shape index (κ2) is 2.16. The van der Waals surface area contributed by atoms with Crippen LogP contribution in [0.25, 0.3) is 0 Å². The lowest BCUT2D eigenvalue weighted by atomic mass is 10.4. The Bertz CT molecular complexity index is 21.0.